The summed E-state index contributed by atoms with van der Waals surface area (Å²) < 4.78 is 6.13. The summed E-state index contributed by atoms with van der Waals surface area (Å²) in [6, 6.07) is 4.17. The second-order valence-corrected chi connectivity index (χ2v) is 8.14. The van der Waals surface area contributed by atoms with Crippen molar-refractivity contribution in [2.45, 2.75) is 36.5 Å². The van der Waals surface area contributed by atoms with Gasteiger partial charge in [-0.05, 0) is 43.2 Å². The number of aliphatic imine (C=N–C) groups is 1. The van der Waals surface area contributed by atoms with Crippen molar-refractivity contribution in [3.8, 4) is 11.5 Å². The molecule has 5 nitrogen and oxygen atoms in total. The molecule has 1 aromatic rings. The van der Waals surface area contributed by atoms with Crippen molar-refractivity contribution >= 4 is 17.4 Å². The zero-order valence-electron chi connectivity index (χ0n) is 16.3. The third-order valence-corrected chi connectivity index (χ3v) is 6.76. The van der Waals surface area contributed by atoms with E-state index in [1.807, 2.05) is 18.2 Å². The lowest BCUT2D eigenvalue weighted by Crippen LogP contribution is -2.65. The van der Waals surface area contributed by atoms with E-state index in [-0.39, 0.29) is 17.3 Å². The van der Waals surface area contributed by atoms with Crippen LogP contribution in [0.4, 0.5) is 0 Å². The Morgan fingerprint density at radius 1 is 1.34 bits per heavy atom. The Labute approximate surface area is 176 Å². The summed E-state index contributed by atoms with van der Waals surface area (Å²) in [5.74, 6) is 1.13. The molecule has 2 aliphatic heterocycles. The minimum atomic E-state index is -0.615. The standard InChI is InChI=1S/C19H21NO3.C4H5NS/c1-2-8-20-9-7-19-12-4-6-15(22)18(19)23-17-14(21)5-3-11(16(17)19)10-13(12)20;1-2-3-5-4-6/h2-6,12-13,15,18,21-22H,1,7-10H2;2H,1,3H2/t12-,13+,15-,18-,19-;/m0./s1. The summed E-state index contributed by atoms with van der Waals surface area (Å²) >= 11 is 4.25. The third kappa shape index (κ3) is 2.99. The Bertz CT molecular complexity index is 908. The molecule has 2 heterocycles. The molecule has 0 amide bonds. The Balaban J connectivity index is 0.000000302. The maximum atomic E-state index is 10.5. The Morgan fingerprint density at radius 2 is 2.17 bits per heavy atom. The third-order valence-electron chi connectivity index (χ3n) is 6.64. The summed E-state index contributed by atoms with van der Waals surface area (Å²) in [6.45, 7) is 9.77. The molecule has 4 aliphatic rings. The second-order valence-electron chi connectivity index (χ2n) is 7.95. The smallest absolute Gasteiger partial charge is 0.165 e. The van der Waals surface area contributed by atoms with Crippen molar-refractivity contribution in [2.75, 3.05) is 19.6 Å². The number of phenolic OH excluding ortho intramolecular Hbond substituents is 1. The van der Waals surface area contributed by atoms with Gasteiger partial charge in [-0.15, -0.1) is 13.2 Å². The van der Waals surface area contributed by atoms with Crippen LogP contribution < -0.4 is 4.74 Å². The van der Waals surface area contributed by atoms with Gasteiger partial charge in [-0.2, -0.15) is 0 Å². The highest BCUT2D eigenvalue weighted by Crippen LogP contribution is 2.62. The molecular weight excluding hydrogens is 384 g/mol. The number of thiocarbonyl (C=S) groups is 1. The van der Waals surface area contributed by atoms with E-state index in [0.717, 1.165) is 31.5 Å². The number of nitrogens with zero attached hydrogens (tertiary/aromatic N) is 2. The van der Waals surface area contributed by atoms with E-state index in [2.05, 4.69) is 46.5 Å². The van der Waals surface area contributed by atoms with Crippen molar-refractivity contribution in [2.24, 2.45) is 10.9 Å². The van der Waals surface area contributed by atoms with Crippen LogP contribution in [0.1, 0.15) is 17.5 Å². The molecule has 1 aromatic carbocycles. The molecule has 1 fully saturated rings. The highest BCUT2D eigenvalue weighted by Gasteiger charge is 2.64. The number of aromatic hydroxyl groups is 1. The highest BCUT2D eigenvalue weighted by molar-refractivity contribution is 7.78. The number of isothiocyanates is 1. The number of likely N-dealkylation sites (tertiary alicyclic amines) is 1. The Hall–Kier alpha value is -2.24. The van der Waals surface area contributed by atoms with Gasteiger partial charge < -0.3 is 14.9 Å². The van der Waals surface area contributed by atoms with Gasteiger partial charge in [0, 0.05) is 29.5 Å². The maximum absolute atomic E-state index is 10.5. The van der Waals surface area contributed by atoms with Crippen molar-refractivity contribution in [1.29, 1.82) is 0 Å². The summed E-state index contributed by atoms with van der Waals surface area (Å²) in [4.78, 5) is 6.03. The Kier molecular flexibility index (Phi) is 5.45. The van der Waals surface area contributed by atoms with Crippen LogP contribution in [-0.2, 0) is 11.8 Å². The number of benzene rings is 1. The molecule has 2 N–H and O–H groups in total. The quantitative estimate of drug-likeness (QED) is 0.454. The Morgan fingerprint density at radius 3 is 2.86 bits per heavy atom. The van der Waals surface area contributed by atoms with Gasteiger partial charge in [0.1, 0.15) is 12.2 Å². The first-order valence-electron chi connectivity index (χ1n) is 9.96. The fraction of sp³-hybridized carbons (Fsp3) is 0.435. The normalized spacial score (nSPS) is 32.7. The fourth-order valence-corrected chi connectivity index (χ4v) is 5.70. The first-order chi connectivity index (χ1) is 14.1. The number of aliphatic hydroxyl groups excluding tert-OH is 1. The lowest BCUT2D eigenvalue weighted by Gasteiger charge is -2.57. The molecular formula is C23H26N2O3S. The average molecular weight is 411 g/mol. The van der Waals surface area contributed by atoms with E-state index in [1.54, 1.807) is 12.1 Å². The zero-order chi connectivity index (χ0) is 20.6. The molecule has 6 heteroatoms. The van der Waals surface area contributed by atoms with E-state index < -0.39 is 6.10 Å². The largest absolute Gasteiger partial charge is 0.504 e. The predicted octanol–water partition coefficient (Wildman–Crippen LogP) is 3.03. The van der Waals surface area contributed by atoms with Crippen LogP contribution in [0.25, 0.3) is 0 Å². The molecule has 1 saturated heterocycles. The molecule has 0 radical (unpaired) electrons. The van der Waals surface area contributed by atoms with E-state index in [1.165, 1.54) is 5.56 Å². The van der Waals surface area contributed by atoms with Crippen molar-refractivity contribution in [3.05, 3.63) is 60.7 Å². The van der Waals surface area contributed by atoms with Gasteiger partial charge in [0.15, 0.2) is 11.5 Å². The first-order valence-corrected chi connectivity index (χ1v) is 10.4. The summed E-state index contributed by atoms with van der Waals surface area (Å²) in [6.07, 6.45) is 8.71. The van der Waals surface area contributed by atoms with Gasteiger partial charge in [-0.25, -0.2) is 4.99 Å². The number of rotatable bonds is 4. The molecule has 2 aliphatic carbocycles. The molecule has 5 rings (SSSR count). The number of phenols is 1. The van der Waals surface area contributed by atoms with Crippen LogP contribution in [0, 0.1) is 5.92 Å². The van der Waals surface area contributed by atoms with Crippen LogP contribution >= 0.6 is 12.2 Å². The van der Waals surface area contributed by atoms with Crippen LogP contribution in [0.3, 0.4) is 0 Å². The number of piperidine rings is 1. The average Bonchev–Trinajstić information content (AvgIpc) is 3.08. The zero-order valence-corrected chi connectivity index (χ0v) is 17.1. The van der Waals surface area contributed by atoms with Crippen LogP contribution in [0.5, 0.6) is 11.5 Å². The van der Waals surface area contributed by atoms with Gasteiger partial charge in [0.25, 0.3) is 0 Å². The molecule has 0 saturated carbocycles. The minimum Gasteiger partial charge on any atom is -0.504 e. The van der Waals surface area contributed by atoms with Gasteiger partial charge in [-0.1, -0.05) is 30.4 Å². The number of hydrogen-bond acceptors (Lipinski definition) is 6. The first kappa shape index (κ1) is 20.0. The number of hydrogen-bond donors (Lipinski definition) is 2. The predicted molar refractivity (Wildman–Crippen MR) is 117 cm³/mol. The van der Waals surface area contributed by atoms with E-state index >= 15 is 0 Å². The van der Waals surface area contributed by atoms with E-state index in [0.29, 0.717) is 24.3 Å². The molecule has 29 heavy (non-hydrogen) atoms. The van der Waals surface area contributed by atoms with Gasteiger partial charge in [-0.3, -0.25) is 4.90 Å². The highest BCUT2D eigenvalue weighted by atomic mass is 32.1. The molecule has 1 spiro atoms. The molecule has 0 aromatic heterocycles. The van der Waals surface area contributed by atoms with Crippen LogP contribution in [0.15, 0.2) is 54.6 Å². The minimum absolute atomic E-state index is 0.196. The van der Waals surface area contributed by atoms with Gasteiger partial charge >= 0.3 is 0 Å². The second kappa shape index (κ2) is 7.88. The van der Waals surface area contributed by atoms with Crippen molar-refractivity contribution in [3.63, 3.8) is 0 Å². The SMILES string of the molecule is C=CCN1CC[C@]23c4c5ccc(O)c4O[C@H]2[C@@H](O)C=C[C@H]3[C@H]1C5.C=CCN=C=S. The maximum Gasteiger partial charge on any atom is 0.165 e. The summed E-state index contributed by atoms with van der Waals surface area (Å²) in [7, 11) is 0. The fourth-order valence-electron chi connectivity index (χ4n) is 5.63. The molecule has 152 valence electrons. The van der Waals surface area contributed by atoms with Crippen molar-refractivity contribution in [1.82, 2.24) is 4.90 Å². The molecule has 5 atom stereocenters. The number of aliphatic hydroxyl groups is 1. The van der Waals surface area contributed by atoms with Gasteiger partial charge in [0.2, 0.25) is 0 Å². The monoisotopic (exact) mass is 410 g/mol. The molecule has 2 bridgehead atoms. The van der Waals surface area contributed by atoms with Crippen LogP contribution in [-0.4, -0.2) is 58.2 Å². The topological polar surface area (TPSA) is 65.3 Å². The van der Waals surface area contributed by atoms with Gasteiger partial charge in [0.05, 0.1) is 11.7 Å². The van der Waals surface area contributed by atoms with E-state index in [4.69, 9.17) is 4.74 Å². The lowest BCUT2D eigenvalue weighted by molar-refractivity contribution is -0.0488. The summed E-state index contributed by atoms with van der Waals surface area (Å²) in [5.41, 5.74) is 2.22. The lowest BCUT2D eigenvalue weighted by atomic mass is 9.53. The number of ether oxygens (including phenoxy) is 1. The van der Waals surface area contributed by atoms with E-state index in [9.17, 15) is 10.2 Å². The van der Waals surface area contributed by atoms with Crippen molar-refractivity contribution < 1.29 is 14.9 Å². The molecule has 0 unspecified atom stereocenters. The van der Waals surface area contributed by atoms with Crippen LogP contribution in [0.2, 0.25) is 0 Å². The summed E-state index contributed by atoms with van der Waals surface area (Å²) in [5, 5.41) is 23.0.